The Kier molecular flexibility index (Phi) is 7.64. The van der Waals surface area contributed by atoms with Gasteiger partial charge in [-0.25, -0.2) is 9.98 Å². The van der Waals surface area contributed by atoms with E-state index in [2.05, 4.69) is 44.7 Å². The monoisotopic (exact) mass is 461 g/mol. The Morgan fingerprint density at radius 3 is 2.57 bits per heavy atom. The number of halogens is 1. The van der Waals surface area contributed by atoms with Gasteiger partial charge >= 0.3 is 0 Å². The van der Waals surface area contributed by atoms with Crippen LogP contribution in [0.4, 0.5) is 5.69 Å². The zero-order valence-corrected chi connectivity index (χ0v) is 19.0. The molecule has 1 aromatic heterocycles. The minimum atomic E-state index is 0.410. The molecule has 0 saturated heterocycles. The number of aryl methyl sites for hydroxylation is 1. The van der Waals surface area contributed by atoms with E-state index in [0.29, 0.717) is 12.5 Å². The molecular weight excluding hydrogens is 438 g/mol. The van der Waals surface area contributed by atoms with Crippen molar-refractivity contribution in [3.63, 3.8) is 0 Å². The lowest BCUT2D eigenvalue weighted by atomic mass is 10.1. The van der Waals surface area contributed by atoms with Gasteiger partial charge in [0.25, 0.3) is 0 Å². The summed E-state index contributed by atoms with van der Waals surface area (Å²) < 4.78 is 6.73. The van der Waals surface area contributed by atoms with Crippen molar-refractivity contribution in [1.82, 2.24) is 9.88 Å². The van der Waals surface area contributed by atoms with Crippen LogP contribution in [0.3, 0.4) is 0 Å². The van der Waals surface area contributed by atoms with Crippen LogP contribution >= 0.6 is 15.9 Å². The van der Waals surface area contributed by atoms with Crippen LogP contribution in [0.25, 0.3) is 0 Å². The van der Waals surface area contributed by atoms with E-state index < -0.39 is 0 Å². The van der Waals surface area contributed by atoms with Crippen molar-refractivity contribution in [3.05, 3.63) is 87.5 Å². The number of aromatic nitrogens is 1. The van der Waals surface area contributed by atoms with Gasteiger partial charge in [-0.05, 0) is 65.7 Å². The number of pyridine rings is 1. The molecule has 0 aliphatic carbocycles. The average Bonchev–Trinajstić information content (AvgIpc) is 2.77. The number of hydrogen-bond acceptors (Lipinski definition) is 3. The van der Waals surface area contributed by atoms with Crippen molar-refractivity contribution in [2.24, 2.45) is 4.99 Å². The first-order valence-electron chi connectivity index (χ1n) is 9.75. The predicted molar refractivity (Wildman–Crippen MR) is 126 cm³/mol. The molecule has 3 aromatic rings. The van der Waals surface area contributed by atoms with Crippen molar-refractivity contribution < 1.29 is 4.74 Å². The van der Waals surface area contributed by atoms with Crippen LogP contribution in [-0.4, -0.2) is 29.8 Å². The Bertz CT molecular complexity index is 1080. The molecule has 1 heterocycles. The van der Waals surface area contributed by atoms with Gasteiger partial charge in [0.2, 0.25) is 5.88 Å². The number of benzene rings is 2. The largest absolute Gasteiger partial charge is 0.472 e. The van der Waals surface area contributed by atoms with Crippen LogP contribution < -0.4 is 4.74 Å². The fraction of sp³-hybridized carbons (Fsp3) is 0.200. The summed E-state index contributed by atoms with van der Waals surface area (Å²) in [6, 6.07) is 19.9. The topological polar surface area (TPSA) is 37.7 Å². The highest BCUT2D eigenvalue weighted by Crippen LogP contribution is 2.30. The summed E-state index contributed by atoms with van der Waals surface area (Å²) in [5, 5.41) is 0. The van der Waals surface area contributed by atoms with E-state index in [4.69, 9.17) is 4.74 Å². The van der Waals surface area contributed by atoms with E-state index in [9.17, 15) is 0 Å². The molecule has 152 valence electrons. The highest BCUT2D eigenvalue weighted by molar-refractivity contribution is 9.10. The van der Waals surface area contributed by atoms with E-state index in [0.717, 1.165) is 39.1 Å². The van der Waals surface area contributed by atoms with Crippen molar-refractivity contribution in [3.8, 4) is 17.7 Å². The number of nitrogens with zero attached hydrogens (tertiary/aromatic N) is 3. The maximum absolute atomic E-state index is 5.95. The third-order valence-electron chi connectivity index (χ3n) is 4.43. The molecule has 4 nitrogen and oxygen atoms in total. The number of aliphatic imine (C=N–C) groups is 1. The number of ether oxygens (including phenoxy) is 1. The maximum atomic E-state index is 5.95. The molecule has 0 N–H and O–H groups in total. The van der Waals surface area contributed by atoms with Crippen LogP contribution in [-0.2, 0) is 6.61 Å². The summed E-state index contributed by atoms with van der Waals surface area (Å²) in [4.78, 5) is 11.1. The second-order valence-electron chi connectivity index (χ2n) is 6.80. The van der Waals surface area contributed by atoms with Gasteiger partial charge in [-0.3, -0.25) is 0 Å². The Labute approximate surface area is 186 Å². The summed E-state index contributed by atoms with van der Waals surface area (Å²) in [5.74, 6) is 6.94. The first kappa shape index (κ1) is 21.6. The van der Waals surface area contributed by atoms with Gasteiger partial charge < -0.3 is 9.64 Å². The maximum Gasteiger partial charge on any atom is 0.228 e. The van der Waals surface area contributed by atoms with Crippen LogP contribution in [0.5, 0.6) is 5.88 Å². The quantitative estimate of drug-likeness (QED) is 0.266. The molecule has 2 aromatic carbocycles. The van der Waals surface area contributed by atoms with Crippen molar-refractivity contribution in [2.45, 2.75) is 20.5 Å². The van der Waals surface area contributed by atoms with Gasteiger partial charge in [0.05, 0.1) is 22.2 Å². The van der Waals surface area contributed by atoms with E-state index in [1.54, 1.807) is 6.34 Å². The minimum absolute atomic E-state index is 0.410. The van der Waals surface area contributed by atoms with Crippen molar-refractivity contribution in [2.75, 3.05) is 13.6 Å². The average molecular weight is 462 g/mol. The summed E-state index contributed by atoms with van der Waals surface area (Å²) in [6.45, 7) is 5.31. The van der Waals surface area contributed by atoms with Gasteiger partial charge in [-0.1, -0.05) is 42.2 Å². The van der Waals surface area contributed by atoms with Crippen LogP contribution in [0.2, 0.25) is 0 Å². The van der Waals surface area contributed by atoms with Gasteiger partial charge in [-0.15, -0.1) is 0 Å². The molecule has 30 heavy (non-hydrogen) atoms. The van der Waals surface area contributed by atoms with Crippen LogP contribution in [0, 0.1) is 18.8 Å². The third kappa shape index (κ3) is 6.20. The molecule has 0 aliphatic rings. The Morgan fingerprint density at radius 1 is 1.07 bits per heavy atom. The molecule has 3 rings (SSSR count). The van der Waals surface area contributed by atoms with Crippen LogP contribution in [0.1, 0.15) is 29.3 Å². The molecule has 0 amide bonds. The molecule has 0 aliphatic heterocycles. The molecule has 0 saturated carbocycles. The zero-order chi connectivity index (χ0) is 21.3. The normalized spacial score (nSPS) is 10.5. The lowest BCUT2D eigenvalue weighted by Crippen LogP contribution is -2.14. The Morgan fingerprint density at radius 2 is 1.80 bits per heavy atom. The molecule has 0 fully saturated rings. The summed E-state index contributed by atoms with van der Waals surface area (Å²) in [7, 11) is 1.98. The highest BCUT2D eigenvalue weighted by Gasteiger charge is 2.09. The standard InChI is InChI=1S/C25H24BrN3O/c1-4-29(3)18-27-24-16-23(26)25(28-19(24)2)30-17-22-12-8-11-21(15-22)14-13-20-9-6-5-7-10-20/h5-12,15-16,18H,4,17H2,1-3H3/b27-18+. The second kappa shape index (κ2) is 10.6. The van der Waals surface area contributed by atoms with Crippen LogP contribution in [0.15, 0.2) is 70.1 Å². The molecule has 5 heteroatoms. The van der Waals surface area contributed by atoms with Gasteiger partial charge in [0.15, 0.2) is 0 Å². The smallest absolute Gasteiger partial charge is 0.228 e. The van der Waals surface area contributed by atoms with E-state index in [1.807, 2.05) is 79.5 Å². The predicted octanol–water partition coefficient (Wildman–Crippen LogP) is 5.74. The number of rotatable bonds is 6. The molecule has 0 atom stereocenters. The minimum Gasteiger partial charge on any atom is -0.472 e. The van der Waals surface area contributed by atoms with Gasteiger partial charge in [0.1, 0.15) is 6.61 Å². The van der Waals surface area contributed by atoms with E-state index >= 15 is 0 Å². The van der Waals surface area contributed by atoms with Crippen molar-refractivity contribution in [1.29, 1.82) is 0 Å². The van der Waals surface area contributed by atoms with E-state index in [-0.39, 0.29) is 0 Å². The number of hydrogen-bond donors (Lipinski definition) is 0. The van der Waals surface area contributed by atoms with E-state index in [1.165, 1.54) is 0 Å². The fourth-order valence-electron chi connectivity index (χ4n) is 2.58. The molecule has 0 spiro atoms. The summed E-state index contributed by atoms with van der Waals surface area (Å²) >= 11 is 3.55. The first-order chi connectivity index (χ1) is 14.5. The lowest BCUT2D eigenvalue weighted by molar-refractivity contribution is 0.291. The van der Waals surface area contributed by atoms with Gasteiger partial charge in [-0.2, -0.15) is 0 Å². The highest BCUT2D eigenvalue weighted by atomic mass is 79.9. The van der Waals surface area contributed by atoms with Gasteiger partial charge in [0, 0.05) is 24.7 Å². The molecule has 0 bridgehead atoms. The second-order valence-corrected chi connectivity index (χ2v) is 7.66. The molecule has 0 unspecified atom stereocenters. The fourth-order valence-corrected chi connectivity index (χ4v) is 3.00. The molecule has 0 radical (unpaired) electrons. The summed E-state index contributed by atoms with van der Waals surface area (Å²) in [6.07, 6.45) is 1.80. The lowest BCUT2D eigenvalue weighted by Gasteiger charge is -2.11. The molecular formula is C25H24BrN3O. The summed E-state index contributed by atoms with van der Waals surface area (Å²) in [5.41, 5.74) is 4.61. The third-order valence-corrected chi connectivity index (χ3v) is 5.00. The SMILES string of the molecule is CCN(C)/C=N/c1cc(Br)c(OCc2cccc(C#Cc3ccccc3)c2)nc1C. The Balaban J connectivity index is 1.69. The van der Waals surface area contributed by atoms with Crippen molar-refractivity contribution >= 4 is 28.0 Å². The first-order valence-corrected chi connectivity index (χ1v) is 10.5. The zero-order valence-electron chi connectivity index (χ0n) is 17.4. The Hall–Kier alpha value is -3.10.